The van der Waals surface area contributed by atoms with Crippen molar-refractivity contribution in [3.8, 4) is 5.75 Å². The van der Waals surface area contributed by atoms with E-state index in [9.17, 15) is 23.5 Å². The van der Waals surface area contributed by atoms with Gasteiger partial charge >= 0.3 is 12.1 Å². The topological polar surface area (TPSA) is 88.1 Å². The molecule has 7 nitrogen and oxygen atoms in total. The van der Waals surface area contributed by atoms with Gasteiger partial charge in [-0.1, -0.05) is 11.6 Å². The van der Waals surface area contributed by atoms with Crippen LogP contribution in [0.1, 0.15) is 31.1 Å². The molecule has 0 spiro atoms. The van der Waals surface area contributed by atoms with Gasteiger partial charge in [0.05, 0.1) is 14.6 Å². The van der Waals surface area contributed by atoms with Crippen molar-refractivity contribution in [2.75, 3.05) is 26.2 Å². The van der Waals surface area contributed by atoms with Crippen molar-refractivity contribution >= 4 is 46.3 Å². The molecule has 1 amide bonds. The number of hydrogen-bond acceptors (Lipinski definition) is 5. The Morgan fingerprint density at radius 2 is 2.00 bits per heavy atom. The molecule has 0 aromatic heterocycles. The Morgan fingerprint density at radius 1 is 1.36 bits per heavy atom. The zero-order valence-electron chi connectivity index (χ0n) is 15.4. The summed E-state index contributed by atoms with van der Waals surface area (Å²) in [4.78, 5) is 25.0. The van der Waals surface area contributed by atoms with E-state index in [2.05, 4.69) is 5.32 Å². The summed E-state index contributed by atoms with van der Waals surface area (Å²) in [5.74, 6) is -5.03. The number of amides is 1. The number of carbonyl (C=O) groups excluding carboxylic acids is 1. The van der Waals surface area contributed by atoms with E-state index >= 15 is 0 Å². The maximum atomic E-state index is 14.1. The minimum absolute atomic E-state index is 0.111. The highest BCUT2D eigenvalue weighted by atomic mass is 127. The summed E-state index contributed by atoms with van der Waals surface area (Å²) >= 11 is 7.46. The number of ether oxygens (including phenoxy) is 2. The second kappa shape index (κ2) is 8.95. The molecule has 0 saturated carbocycles. The predicted octanol–water partition coefficient (Wildman–Crippen LogP) is 3.51. The summed E-state index contributed by atoms with van der Waals surface area (Å²) in [6, 6.07) is -0.384. The van der Waals surface area contributed by atoms with E-state index in [1.807, 2.05) is 0 Å². The van der Waals surface area contributed by atoms with Gasteiger partial charge in [-0.15, -0.1) is 0 Å². The van der Waals surface area contributed by atoms with E-state index in [4.69, 9.17) is 21.1 Å². The molecule has 1 fully saturated rings. The summed E-state index contributed by atoms with van der Waals surface area (Å²) in [6.07, 6.45) is -0.481. The van der Waals surface area contributed by atoms with Crippen LogP contribution in [0.3, 0.4) is 0 Å². The van der Waals surface area contributed by atoms with Crippen LogP contribution >= 0.6 is 34.2 Å². The molecular formula is C17H20ClF2IN2O5. The smallest absolute Gasteiger partial charge is 0.410 e. The number of rotatable bonds is 4. The Kier molecular flexibility index (Phi) is 7.32. The van der Waals surface area contributed by atoms with Crippen molar-refractivity contribution in [3.05, 3.63) is 25.8 Å². The first-order chi connectivity index (χ1) is 12.9. The molecule has 1 aliphatic heterocycles. The molecule has 156 valence electrons. The number of hydrogen-bond donors (Lipinski definition) is 2. The molecule has 11 heteroatoms. The van der Waals surface area contributed by atoms with E-state index < -0.39 is 40.6 Å². The Hall–Kier alpha value is -1.40. The maximum Gasteiger partial charge on any atom is 0.410 e. The number of halogens is 4. The van der Waals surface area contributed by atoms with Crippen molar-refractivity contribution in [3.63, 3.8) is 0 Å². The number of carboxylic acid groups (broad SMARTS) is 1. The maximum absolute atomic E-state index is 14.1. The molecule has 1 aromatic rings. The van der Waals surface area contributed by atoms with E-state index in [0.29, 0.717) is 13.1 Å². The predicted molar refractivity (Wildman–Crippen MR) is 106 cm³/mol. The fourth-order valence-corrected chi connectivity index (χ4v) is 3.27. The Balaban J connectivity index is 2.14. The number of benzene rings is 1. The van der Waals surface area contributed by atoms with Crippen LogP contribution in [0.2, 0.25) is 5.02 Å². The monoisotopic (exact) mass is 532 g/mol. The molecule has 1 aromatic carbocycles. The molecular weight excluding hydrogens is 513 g/mol. The van der Waals surface area contributed by atoms with E-state index in [1.165, 1.54) is 27.5 Å². The third-order valence-corrected chi connectivity index (χ3v) is 5.47. The fourth-order valence-electron chi connectivity index (χ4n) is 2.55. The molecule has 1 atom stereocenters. The van der Waals surface area contributed by atoms with Crippen LogP contribution < -0.4 is 10.1 Å². The molecule has 2 rings (SSSR count). The lowest BCUT2D eigenvalue weighted by Gasteiger charge is -2.34. The van der Waals surface area contributed by atoms with Crippen LogP contribution in [0.25, 0.3) is 0 Å². The van der Waals surface area contributed by atoms with Gasteiger partial charge in [0.25, 0.3) is 0 Å². The Morgan fingerprint density at radius 3 is 2.57 bits per heavy atom. The standard InChI is InChI=1S/C17H20ClF2IN2O5/c1-17(2,3)28-16(26)23-5-4-22-8(6-23)7-27-14-9(15(24)25)11(19)12(20)13(21)10(14)18/h8,22H,4-7H2,1-3H3,(H,24,25)/t8-/m1/s1. The molecule has 2 N–H and O–H groups in total. The van der Waals surface area contributed by atoms with Crippen LogP contribution in [-0.2, 0) is 4.74 Å². The van der Waals surface area contributed by atoms with Gasteiger partial charge in [0.2, 0.25) is 0 Å². The molecule has 0 unspecified atom stereocenters. The summed E-state index contributed by atoms with van der Waals surface area (Å²) in [5.41, 5.74) is -1.61. The zero-order valence-corrected chi connectivity index (χ0v) is 18.4. The van der Waals surface area contributed by atoms with Gasteiger partial charge in [-0.2, -0.15) is 0 Å². The molecule has 1 aliphatic rings. The van der Waals surface area contributed by atoms with Crippen molar-refractivity contribution in [2.45, 2.75) is 32.4 Å². The van der Waals surface area contributed by atoms with Crippen molar-refractivity contribution in [1.82, 2.24) is 10.2 Å². The number of aromatic carboxylic acids is 1. The summed E-state index contributed by atoms with van der Waals surface area (Å²) in [6.45, 7) is 6.28. The quantitative estimate of drug-likeness (QED) is 0.351. The molecule has 28 heavy (non-hydrogen) atoms. The van der Waals surface area contributed by atoms with E-state index in [0.717, 1.165) is 0 Å². The lowest BCUT2D eigenvalue weighted by atomic mass is 10.1. The van der Waals surface area contributed by atoms with Crippen molar-refractivity contribution in [1.29, 1.82) is 0 Å². The molecule has 0 aliphatic carbocycles. The number of nitrogens with one attached hydrogen (secondary N) is 1. The third-order valence-electron chi connectivity index (χ3n) is 3.77. The fraction of sp³-hybridized carbons (Fsp3) is 0.529. The highest BCUT2D eigenvalue weighted by Crippen LogP contribution is 2.37. The van der Waals surface area contributed by atoms with E-state index in [1.54, 1.807) is 20.8 Å². The lowest BCUT2D eigenvalue weighted by Crippen LogP contribution is -2.55. The number of piperazine rings is 1. The first kappa shape index (κ1) is 22.9. The minimum Gasteiger partial charge on any atom is -0.489 e. The number of carbonyl (C=O) groups is 2. The Bertz CT molecular complexity index is 788. The van der Waals surface area contributed by atoms with Crippen LogP contribution in [0.15, 0.2) is 0 Å². The SMILES string of the molecule is CC(C)(C)OC(=O)N1CCN[C@@H](COc2c(Cl)c(I)c(F)c(F)c2C(=O)O)C1. The summed E-state index contributed by atoms with van der Waals surface area (Å²) in [7, 11) is 0. The van der Waals surface area contributed by atoms with Gasteiger partial charge in [-0.25, -0.2) is 18.4 Å². The lowest BCUT2D eigenvalue weighted by molar-refractivity contribution is 0.0178. The van der Waals surface area contributed by atoms with Gasteiger partial charge in [0.1, 0.15) is 17.8 Å². The summed E-state index contributed by atoms with van der Waals surface area (Å²) in [5, 5.41) is 12.0. The van der Waals surface area contributed by atoms with Gasteiger partial charge in [0.15, 0.2) is 17.4 Å². The average molecular weight is 533 g/mol. The zero-order chi connectivity index (χ0) is 21.2. The normalized spacial score (nSPS) is 17.4. The van der Waals surface area contributed by atoms with Gasteiger partial charge < -0.3 is 24.8 Å². The molecule has 0 bridgehead atoms. The number of nitrogens with zero attached hydrogens (tertiary/aromatic N) is 1. The van der Waals surface area contributed by atoms with Crippen LogP contribution in [0, 0.1) is 15.2 Å². The third kappa shape index (κ3) is 5.35. The molecule has 1 saturated heterocycles. The average Bonchev–Trinajstić information content (AvgIpc) is 2.60. The van der Waals surface area contributed by atoms with Gasteiger partial charge in [-0.05, 0) is 43.4 Å². The van der Waals surface area contributed by atoms with Gasteiger partial charge in [0, 0.05) is 19.6 Å². The van der Waals surface area contributed by atoms with Gasteiger partial charge in [-0.3, -0.25) is 0 Å². The first-order valence-corrected chi connectivity index (χ1v) is 9.81. The second-order valence-corrected chi connectivity index (χ2v) is 8.61. The first-order valence-electron chi connectivity index (χ1n) is 8.35. The summed E-state index contributed by atoms with van der Waals surface area (Å²) < 4.78 is 38.4. The second-order valence-electron chi connectivity index (χ2n) is 7.15. The largest absolute Gasteiger partial charge is 0.489 e. The van der Waals surface area contributed by atoms with E-state index in [-0.39, 0.29) is 27.8 Å². The minimum atomic E-state index is -1.70. The van der Waals surface area contributed by atoms with Crippen LogP contribution in [0.5, 0.6) is 5.75 Å². The Labute approximate surface area is 179 Å². The van der Waals surface area contributed by atoms with Crippen molar-refractivity contribution < 1.29 is 33.0 Å². The highest BCUT2D eigenvalue weighted by molar-refractivity contribution is 14.1. The van der Waals surface area contributed by atoms with Crippen molar-refractivity contribution in [2.24, 2.45) is 0 Å². The molecule has 0 radical (unpaired) electrons. The van der Waals surface area contributed by atoms with Crippen LogP contribution in [0.4, 0.5) is 13.6 Å². The molecule has 1 heterocycles. The number of carboxylic acids is 1. The highest BCUT2D eigenvalue weighted by Gasteiger charge is 2.31. The van der Waals surface area contributed by atoms with Crippen LogP contribution in [-0.4, -0.2) is 60.0 Å².